The second kappa shape index (κ2) is 4.54. The fourth-order valence-corrected chi connectivity index (χ4v) is 2.01. The van der Waals surface area contributed by atoms with Crippen LogP contribution in [0.15, 0.2) is 18.2 Å². The van der Waals surface area contributed by atoms with Gasteiger partial charge in [0.05, 0.1) is 0 Å². The van der Waals surface area contributed by atoms with Crippen molar-refractivity contribution in [1.29, 1.82) is 0 Å². The zero-order chi connectivity index (χ0) is 11.7. The maximum Gasteiger partial charge on any atom is 0.126 e. The summed E-state index contributed by atoms with van der Waals surface area (Å²) in [6.45, 7) is 7.22. The van der Waals surface area contributed by atoms with E-state index in [9.17, 15) is 4.39 Å². The molecule has 1 aliphatic carbocycles. The molecule has 1 N–H and O–H groups in total. The van der Waals surface area contributed by atoms with Crippen LogP contribution in [-0.2, 0) is 0 Å². The Labute approximate surface area is 97.1 Å². The molecule has 2 rings (SSSR count). The van der Waals surface area contributed by atoms with Crippen LogP contribution in [0.1, 0.15) is 37.4 Å². The number of aryl methyl sites for hydroxylation is 1. The van der Waals surface area contributed by atoms with E-state index in [0.717, 1.165) is 23.9 Å². The van der Waals surface area contributed by atoms with Crippen LogP contribution < -0.4 is 5.32 Å². The summed E-state index contributed by atoms with van der Waals surface area (Å²) < 4.78 is 13.4. The Kier molecular flexibility index (Phi) is 3.29. The first-order valence-corrected chi connectivity index (χ1v) is 6.07. The highest BCUT2D eigenvalue weighted by Crippen LogP contribution is 2.37. The van der Waals surface area contributed by atoms with Gasteiger partial charge in [-0.2, -0.15) is 0 Å². The van der Waals surface area contributed by atoms with Gasteiger partial charge in [-0.05, 0) is 55.8 Å². The Bertz CT molecular complexity index is 375. The lowest BCUT2D eigenvalue weighted by Gasteiger charge is -2.14. The van der Waals surface area contributed by atoms with Crippen LogP contribution in [0.4, 0.5) is 4.39 Å². The summed E-state index contributed by atoms with van der Waals surface area (Å²) in [5.74, 6) is 1.60. The molecule has 0 radical (unpaired) electrons. The zero-order valence-corrected chi connectivity index (χ0v) is 10.3. The zero-order valence-electron chi connectivity index (χ0n) is 10.3. The van der Waals surface area contributed by atoms with Crippen LogP contribution in [0.3, 0.4) is 0 Å². The largest absolute Gasteiger partial charge is 0.310 e. The third-order valence-electron chi connectivity index (χ3n) is 3.66. The number of nitrogens with one attached hydrogen (secondary N) is 1. The second-order valence-electron chi connectivity index (χ2n) is 5.11. The smallest absolute Gasteiger partial charge is 0.126 e. The van der Waals surface area contributed by atoms with E-state index in [0.29, 0.717) is 5.56 Å². The fraction of sp³-hybridized carbons (Fsp3) is 0.571. The lowest BCUT2D eigenvalue weighted by molar-refractivity contribution is 0.530. The molecule has 1 saturated carbocycles. The predicted octanol–water partition coefficient (Wildman–Crippen LogP) is 3.44. The van der Waals surface area contributed by atoms with Gasteiger partial charge in [-0.1, -0.05) is 19.1 Å². The van der Waals surface area contributed by atoms with E-state index in [1.807, 2.05) is 12.1 Å². The molecule has 1 aromatic carbocycles. The lowest BCUT2D eigenvalue weighted by Crippen LogP contribution is -2.21. The molecule has 1 nitrogen and oxygen atoms in total. The van der Waals surface area contributed by atoms with Gasteiger partial charge in [-0.15, -0.1) is 0 Å². The van der Waals surface area contributed by atoms with E-state index in [1.165, 1.54) is 6.42 Å². The van der Waals surface area contributed by atoms with Crippen LogP contribution in [0.5, 0.6) is 0 Å². The van der Waals surface area contributed by atoms with Crippen molar-refractivity contribution >= 4 is 0 Å². The Hall–Kier alpha value is -0.890. The summed E-state index contributed by atoms with van der Waals surface area (Å²) in [5.41, 5.74) is 1.75. The van der Waals surface area contributed by atoms with Crippen molar-refractivity contribution in [3.63, 3.8) is 0 Å². The molecule has 1 aliphatic rings. The van der Waals surface area contributed by atoms with Crippen molar-refractivity contribution < 1.29 is 4.39 Å². The topological polar surface area (TPSA) is 12.0 Å². The third-order valence-corrected chi connectivity index (χ3v) is 3.66. The first-order chi connectivity index (χ1) is 7.58. The minimum Gasteiger partial charge on any atom is -0.310 e. The molecule has 0 spiro atoms. The quantitative estimate of drug-likeness (QED) is 0.821. The Morgan fingerprint density at radius 1 is 1.50 bits per heavy atom. The monoisotopic (exact) mass is 221 g/mol. The van der Waals surface area contributed by atoms with E-state index in [1.54, 1.807) is 13.0 Å². The van der Waals surface area contributed by atoms with Gasteiger partial charge in [0.1, 0.15) is 5.82 Å². The summed E-state index contributed by atoms with van der Waals surface area (Å²) in [7, 11) is 0. The maximum absolute atomic E-state index is 13.4. The number of halogens is 1. The van der Waals surface area contributed by atoms with Crippen molar-refractivity contribution in [3.8, 4) is 0 Å². The van der Waals surface area contributed by atoms with Crippen LogP contribution in [0.2, 0.25) is 0 Å². The Morgan fingerprint density at radius 2 is 2.19 bits per heavy atom. The first kappa shape index (κ1) is 11.6. The molecular formula is C14H20FN. The standard InChI is InChI=1S/C14H20FN/c1-9-4-5-12(7-14(9)15)11(3)16-8-13-6-10(13)2/h4-5,7,10-11,13,16H,6,8H2,1-3H3. The van der Waals surface area contributed by atoms with Gasteiger partial charge in [0, 0.05) is 6.04 Å². The van der Waals surface area contributed by atoms with E-state index in [2.05, 4.69) is 19.2 Å². The van der Waals surface area contributed by atoms with E-state index < -0.39 is 0 Å². The number of benzene rings is 1. The summed E-state index contributed by atoms with van der Waals surface area (Å²) in [5, 5.41) is 3.47. The molecule has 1 aromatic rings. The van der Waals surface area contributed by atoms with Crippen LogP contribution in [0, 0.1) is 24.6 Å². The molecule has 0 amide bonds. The molecule has 16 heavy (non-hydrogen) atoms. The molecule has 88 valence electrons. The second-order valence-corrected chi connectivity index (χ2v) is 5.11. The minimum absolute atomic E-state index is 0.106. The average molecular weight is 221 g/mol. The van der Waals surface area contributed by atoms with Crippen LogP contribution in [-0.4, -0.2) is 6.54 Å². The summed E-state index contributed by atoms with van der Waals surface area (Å²) >= 11 is 0. The van der Waals surface area contributed by atoms with Crippen LogP contribution in [0.25, 0.3) is 0 Å². The SMILES string of the molecule is Cc1ccc(C(C)NCC2CC2C)cc1F. The first-order valence-electron chi connectivity index (χ1n) is 6.07. The van der Waals surface area contributed by atoms with Crippen molar-refractivity contribution in [3.05, 3.63) is 35.1 Å². The van der Waals surface area contributed by atoms with Gasteiger partial charge in [-0.3, -0.25) is 0 Å². The van der Waals surface area contributed by atoms with Crippen molar-refractivity contribution in [2.75, 3.05) is 6.54 Å². The lowest BCUT2D eigenvalue weighted by atomic mass is 10.1. The molecule has 0 heterocycles. The van der Waals surface area contributed by atoms with Gasteiger partial charge in [0.2, 0.25) is 0 Å². The van der Waals surface area contributed by atoms with Crippen molar-refractivity contribution in [1.82, 2.24) is 5.32 Å². The number of rotatable bonds is 4. The molecule has 0 bridgehead atoms. The highest BCUT2D eigenvalue weighted by atomic mass is 19.1. The highest BCUT2D eigenvalue weighted by Gasteiger charge is 2.32. The van der Waals surface area contributed by atoms with E-state index >= 15 is 0 Å². The molecule has 2 heteroatoms. The third kappa shape index (κ3) is 2.62. The molecule has 3 unspecified atom stereocenters. The molecular weight excluding hydrogens is 201 g/mol. The normalized spacial score (nSPS) is 25.5. The molecule has 3 atom stereocenters. The van der Waals surface area contributed by atoms with E-state index in [4.69, 9.17) is 0 Å². The molecule has 0 aromatic heterocycles. The van der Waals surface area contributed by atoms with Crippen molar-refractivity contribution in [2.45, 2.75) is 33.2 Å². The summed E-state index contributed by atoms with van der Waals surface area (Å²) in [4.78, 5) is 0. The van der Waals surface area contributed by atoms with Gasteiger partial charge in [-0.25, -0.2) is 4.39 Å². The Balaban J connectivity index is 1.92. The predicted molar refractivity (Wildman–Crippen MR) is 64.8 cm³/mol. The fourth-order valence-electron chi connectivity index (χ4n) is 2.01. The maximum atomic E-state index is 13.4. The molecule has 0 aliphatic heterocycles. The number of hydrogen-bond acceptors (Lipinski definition) is 1. The van der Waals surface area contributed by atoms with Gasteiger partial charge in [0.15, 0.2) is 0 Å². The summed E-state index contributed by atoms with van der Waals surface area (Å²) in [6.07, 6.45) is 1.34. The Morgan fingerprint density at radius 3 is 2.75 bits per heavy atom. The number of hydrogen-bond donors (Lipinski definition) is 1. The molecule has 1 fully saturated rings. The van der Waals surface area contributed by atoms with Crippen LogP contribution >= 0.6 is 0 Å². The van der Waals surface area contributed by atoms with E-state index in [-0.39, 0.29) is 11.9 Å². The molecule has 0 saturated heterocycles. The highest BCUT2D eigenvalue weighted by molar-refractivity contribution is 5.25. The summed E-state index contributed by atoms with van der Waals surface area (Å²) in [6, 6.07) is 5.74. The van der Waals surface area contributed by atoms with Crippen molar-refractivity contribution in [2.24, 2.45) is 11.8 Å². The van der Waals surface area contributed by atoms with Gasteiger partial charge in [0.25, 0.3) is 0 Å². The average Bonchev–Trinajstić information content (AvgIpc) is 2.95. The van der Waals surface area contributed by atoms with Gasteiger partial charge < -0.3 is 5.32 Å². The minimum atomic E-state index is -0.106. The van der Waals surface area contributed by atoms with Gasteiger partial charge >= 0.3 is 0 Å².